The van der Waals surface area contributed by atoms with E-state index in [1.54, 1.807) is 18.3 Å². The quantitative estimate of drug-likeness (QED) is 0.730. The second kappa shape index (κ2) is 6.66. The third-order valence-electron chi connectivity index (χ3n) is 3.22. The molecule has 0 aliphatic rings. The highest BCUT2D eigenvalue weighted by molar-refractivity contribution is 5.25. The Morgan fingerprint density at radius 2 is 1.81 bits per heavy atom. The van der Waals surface area contributed by atoms with Crippen molar-refractivity contribution in [1.29, 1.82) is 0 Å². The molecule has 0 fully saturated rings. The zero-order valence-electron chi connectivity index (χ0n) is 12.3. The maximum absolute atomic E-state index is 13.1. The molecule has 0 aliphatic carbocycles. The van der Waals surface area contributed by atoms with Crippen LogP contribution in [-0.4, -0.2) is 11.6 Å². The fourth-order valence-corrected chi connectivity index (χ4v) is 1.97. The molecule has 0 saturated heterocycles. The van der Waals surface area contributed by atoms with Crippen LogP contribution in [-0.2, 0) is 12.3 Å². The topological polar surface area (TPSA) is 22.1 Å². The van der Waals surface area contributed by atoms with E-state index in [0.29, 0.717) is 6.61 Å². The van der Waals surface area contributed by atoms with Gasteiger partial charge < -0.3 is 4.74 Å². The van der Waals surface area contributed by atoms with Crippen molar-refractivity contribution in [3.63, 3.8) is 0 Å². The van der Waals surface area contributed by atoms with Gasteiger partial charge >= 0.3 is 0 Å². The van der Waals surface area contributed by atoms with E-state index in [2.05, 4.69) is 4.98 Å². The molecular weight excluding hydrogens is 272 g/mol. The van der Waals surface area contributed by atoms with Gasteiger partial charge in [0.1, 0.15) is 5.75 Å². The van der Waals surface area contributed by atoms with Crippen molar-refractivity contribution in [1.82, 2.24) is 4.98 Å². The summed E-state index contributed by atoms with van der Waals surface area (Å²) in [4.78, 5) is 4.15. The maximum Gasteiger partial charge on any atom is 0.270 e. The molecule has 1 aromatic carbocycles. The van der Waals surface area contributed by atoms with Crippen LogP contribution in [0.1, 0.15) is 30.2 Å². The zero-order chi connectivity index (χ0) is 15.3. The maximum atomic E-state index is 13.1. The first-order chi connectivity index (χ1) is 9.95. The Morgan fingerprint density at radius 1 is 1.10 bits per heavy atom. The molecule has 0 bridgehead atoms. The number of hydrogen-bond acceptors (Lipinski definition) is 2. The van der Waals surface area contributed by atoms with Crippen molar-refractivity contribution in [3.8, 4) is 5.75 Å². The highest BCUT2D eigenvalue weighted by Crippen LogP contribution is 2.26. The van der Waals surface area contributed by atoms with Crippen molar-refractivity contribution in [2.45, 2.75) is 32.6 Å². The smallest absolute Gasteiger partial charge is 0.270 e. The molecule has 2 nitrogen and oxygen atoms in total. The Kier molecular flexibility index (Phi) is 4.89. The molecule has 0 saturated carbocycles. The molecule has 0 radical (unpaired) electrons. The summed E-state index contributed by atoms with van der Waals surface area (Å²) in [6.45, 7) is 3.41. The lowest BCUT2D eigenvalue weighted by atomic mass is 10.0. The molecule has 1 aromatic heterocycles. The summed E-state index contributed by atoms with van der Waals surface area (Å²) in [7, 11) is 0. The fraction of sp³-hybridized carbons (Fsp3) is 0.353. The average molecular weight is 291 g/mol. The Bertz CT molecular complexity index is 559. The predicted octanol–water partition coefficient (Wildman–Crippen LogP) is 4.51. The van der Waals surface area contributed by atoms with E-state index >= 15 is 0 Å². The van der Waals surface area contributed by atoms with Gasteiger partial charge in [0, 0.05) is 18.2 Å². The minimum absolute atomic E-state index is 0.0493. The number of benzene rings is 1. The second-order valence-corrected chi connectivity index (χ2v) is 5.17. The number of rotatable bonds is 6. The van der Waals surface area contributed by atoms with E-state index in [0.717, 1.165) is 36.8 Å². The van der Waals surface area contributed by atoms with E-state index in [-0.39, 0.29) is 5.56 Å². The van der Waals surface area contributed by atoms with E-state index in [1.165, 1.54) is 12.1 Å². The Morgan fingerprint density at radius 3 is 2.38 bits per heavy atom. The summed E-state index contributed by atoms with van der Waals surface area (Å²) in [5.74, 6) is -2.03. The molecule has 0 spiro atoms. The molecule has 0 N–H and O–H groups in total. The number of nitrogens with zero attached hydrogens (tertiary/aromatic N) is 1. The van der Waals surface area contributed by atoms with Gasteiger partial charge in [-0.1, -0.05) is 24.3 Å². The van der Waals surface area contributed by atoms with Crippen LogP contribution < -0.4 is 4.74 Å². The van der Waals surface area contributed by atoms with Crippen molar-refractivity contribution in [2.24, 2.45) is 0 Å². The summed E-state index contributed by atoms with van der Waals surface area (Å²) >= 11 is 0. The predicted molar refractivity (Wildman–Crippen MR) is 78.8 cm³/mol. The third-order valence-corrected chi connectivity index (χ3v) is 3.22. The zero-order valence-corrected chi connectivity index (χ0v) is 12.3. The monoisotopic (exact) mass is 291 g/mol. The molecule has 112 valence electrons. The van der Waals surface area contributed by atoms with Gasteiger partial charge in [-0.05, 0) is 37.5 Å². The first-order valence-electron chi connectivity index (χ1n) is 6.98. The summed E-state index contributed by atoms with van der Waals surface area (Å²) in [5.41, 5.74) is 2.04. The molecule has 0 unspecified atom stereocenters. The third kappa shape index (κ3) is 4.81. The molecule has 4 heteroatoms. The van der Waals surface area contributed by atoms with Crippen LogP contribution in [0.2, 0.25) is 0 Å². The van der Waals surface area contributed by atoms with E-state index in [4.69, 9.17) is 4.74 Å². The van der Waals surface area contributed by atoms with Gasteiger partial charge in [-0.2, -0.15) is 0 Å². The van der Waals surface area contributed by atoms with Crippen molar-refractivity contribution in [3.05, 3.63) is 59.4 Å². The Labute approximate surface area is 123 Å². The number of pyridine rings is 1. The highest BCUT2D eigenvalue weighted by Gasteiger charge is 2.23. The summed E-state index contributed by atoms with van der Waals surface area (Å²) in [6, 6.07) is 10.3. The average Bonchev–Trinajstić information content (AvgIpc) is 2.45. The lowest BCUT2D eigenvalue weighted by molar-refractivity contribution is 0.0174. The van der Waals surface area contributed by atoms with E-state index < -0.39 is 5.92 Å². The van der Waals surface area contributed by atoms with Gasteiger partial charge in [-0.3, -0.25) is 4.98 Å². The number of alkyl halides is 2. The summed E-state index contributed by atoms with van der Waals surface area (Å²) in [5, 5.41) is 0. The molecular formula is C17H19F2NO. The van der Waals surface area contributed by atoms with E-state index in [1.807, 2.05) is 19.1 Å². The summed E-state index contributed by atoms with van der Waals surface area (Å²) in [6.07, 6.45) is 3.33. The molecule has 2 aromatic rings. The standard InChI is InChI=1S/C17H19F2NO/c1-13-5-10-16(12-20-13)21-11-3-4-14-6-8-15(9-7-14)17(2,18)19/h5-10,12H,3-4,11H2,1-2H3. The molecule has 0 atom stereocenters. The van der Waals surface area contributed by atoms with Crippen LogP contribution >= 0.6 is 0 Å². The van der Waals surface area contributed by atoms with Crippen molar-refractivity contribution < 1.29 is 13.5 Å². The molecule has 2 rings (SSSR count). The van der Waals surface area contributed by atoms with Gasteiger partial charge in [-0.15, -0.1) is 0 Å². The van der Waals surface area contributed by atoms with Crippen molar-refractivity contribution >= 4 is 0 Å². The van der Waals surface area contributed by atoms with Crippen LogP contribution in [0.5, 0.6) is 5.75 Å². The minimum Gasteiger partial charge on any atom is -0.492 e. The van der Waals surface area contributed by atoms with Crippen LogP contribution in [0.4, 0.5) is 8.78 Å². The van der Waals surface area contributed by atoms with Gasteiger partial charge in [0.15, 0.2) is 0 Å². The molecule has 0 aliphatic heterocycles. The molecule has 1 heterocycles. The SMILES string of the molecule is Cc1ccc(OCCCc2ccc(C(C)(F)F)cc2)cn1. The van der Waals surface area contributed by atoms with Crippen LogP contribution in [0.3, 0.4) is 0 Å². The van der Waals surface area contributed by atoms with Crippen molar-refractivity contribution in [2.75, 3.05) is 6.61 Å². The van der Waals surface area contributed by atoms with Gasteiger partial charge in [-0.25, -0.2) is 8.78 Å². The fourth-order valence-electron chi connectivity index (χ4n) is 1.97. The van der Waals surface area contributed by atoms with E-state index in [9.17, 15) is 8.78 Å². The number of halogens is 2. The lowest BCUT2D eigenvalue weighted by Gasteiger charge is -2.11. The molecule has 0 amide bonds. The number of aryl methyl sites for hydroxylation is 2. The molecule has 21 heavy (non-hydrogen) atoms. The van der Waals surface area contributed by atoms with Crippen LogP contribution in [0, 0.1) is 6.92 Å². The first kappa shape index (κ1) is 15.4. The van der Waals surface area contributed by atoms with Crippen LogP contribution in [0.25, 0.3) is 0 Å². The van der Waals surface area contributed by atoms with Crippen LogP contribution in [0.15, 0.2) is 42.6 Å². The Hall–Kier alpha value is -1.97. The normalized spacial score (nSPS) is 11.4. The Balaban J connectivity index is 1.77. The van der Waals surface area contributed by atoms with Gasteiger partial charge in [0.2, 0.25) is 0 Å². The number of hydrogen-bond donors (Lipinski definition) is 0. The summed E-state index contributed by atoms with van der Waals surface area (Å²) < 4.78 is 31.7. The van der Waals surface area contributed by atoms with Gasteiger partial charge in [0.05, 0.1) is 12.8 Å². The number of aromatic nitrogens is 1. The second-order valence-electron chi connectivity index (χ2n) is 5.17. The first-order valence-corrected chi connectivity index (χ1v) is 6.98. The van der Waals surface area contributed by atoms with Gasteiger partial charge in [0.25, 0.3) is 5.92 Å². The highest BCUT2D eigenvalue weighted by atomic mass is 19.3. The largest absolute Gasteiger partial charge is 0.492 e. The number of ether oxygens (including phenoxy) is 1. The minimum atomic E-state index is -2.78. The lowest BCUT2D eigenvalue weighted by Crippen LogP contribution is -2.06.